The number of carboxylic acid groups (broad SMARTS) is 1. The summed E-state index contributed by atoms with van der Waals surface area (Å²) in [4.78, 5) is 15.6. The first-order valence-electron chi connectivity index (χ1n) is 12.4. The number of aliphatic carboxylic acids is 1. The van der Waals surface area contributed by atoms with Crippen molar-refractivity contribution in [3.05, 3.63) is 83.1 Å². The molecule has 1 aliphatic heterocycles. The number of benzene rings is 3. The quantitative estimate of drug-likeness (QED) is 0.215. The summed E-state index contributed by atoms with van der Waals surface area (Å²) >= 11 is 6.18. The predicted octanol–water partition coefficient (Wildman–Crippen LogP) is 6.93. The van der Waals surface area contributed by atoms with Crippen molar-refractivity contribution in [3.8, 4) is 17.2 Å². The molecule has 10 heteroatoms. The first kappa shape index (κ1) is 26.2. The van der Waals surface area contributed by atoms with Crippen LogP contribution in [0.25, 0.3) is 11.0 Å². The van der Waals surface area contributed by atoms with Crippen LogP contribution in [0.3, 0.4) is 0 Å². The number of azo groups is 2. The number of halogens is 1. The van der Waals surface area contributed by atoms with E-state index in [2.05, 4.69) is 0 Å². The topological polar surface area (TPSA) is 106 Å². The lowest BCUT2D eigenvalue weighted by atomic mass is 10.2. The molecule has 9 nitrogen and oxygen atoms in total. The Morgan fingerprint density at radius 1 is 1.05 bits per heavy atom. The number of aryl methyl sites for hydroxylation is 1. The third-order valence-corrected chi connectivity index (χ3v) is 6.05. The number of furan rings is 1. The molecule has 0 aliphatic carbocycles. The lowest BCUT2D eigenvalue weighted by molar-refractivity contribution is -0.546. The van der Waals surface area contributed by atoms with Crippen LogP contribution in [0.4, 0.5) is 5.69 Å². The fourth-order valence-electron chi connectivity index (χ4n) is 4.12. The number of amidine groups is 1. The van der Waals surface area contributed by atoms with Gasteiger partial charge in [0.05, 0.1) is 6.10 Å². The van der Waals surface area contributed by atoms with E-state index in [-0.39, 0.29) is 12.7 Å². The maximum atomic E-state index is 10.8. The van der Waals surface area contributed by atoms with Crippen LogP contribution in [-0.2, 0) is 4.79 Å². The Morgan fingerprint density at radius 2 is 1.82 bits per heavy atom. The molecule has 0 saturated carbocycles. The van der Waals surface area contributed by atoms with Crippen molar-refractivity contribution in [1.82, 2.24) is 0 Å². The Balaban J connectivity index is 1.40. The van der Waals surface area contributed by atoms with Gasteiger partial charge in [0.25, 0.3) is 0 Å². The molecule has 0 bridgehead atoms. The monoisotopic (exact) mass is 548 g/mol. The molecule has 3 aromatic carbocycles. The number of ether oxygens (including phenoxy) is 3. The number of carbonyl (C=O) groups is 1. The van der Waals surface area contributed by atoms with Gasteiger partial charge in [-0.2, -0.15) is 4.99 Å². The van der Waals surface area contributed by atoms with Gasteiger partial charge in [0.1, 0.15) is 22.8 Å². The number of aliphatic imine (C=N–C) groups is 1. The lowest BCUT2D eigenvalue weighted by Crippen LogP contribution is -2.10. The molecule has 1 atom stereocenters. The van der Waals surface area contributed by atoms with Gasteiger partial charge < -0.3 is 23.7 Å². The number of fused-ring (bicyclic) bond motifs is 1. The molecule has 0 fully saturated rings. The van der Waals surface area contributed by atoms with Crippen molar-refractivity contribution >= 4 is 40.1 Å². The molecule has 0 saturated heterocycles. The summed E-state index contributed by atoms with van der Waals surface area (Å²) in [5.74, 6) is 1.88. The second-order valence-electron chi connectivity index (χ2n) is 9.25. The van der Waals surface area contributed by atoms with Crippen LogP contribution in [0.15, 0.2) is 81.3 Å². The highest BCUT2D eigenvalue weighted by Gasteiger charge is 2.37. The summed E-state index contributed by atoms with van der Waals surface area (Å²) in [5, 5.41) is 15.1. The third kappa shape index (κ3) is 6.21. The van der Waals surface area contributed by atoms with E-state index in [1.807, 2.05) is 63.2 Å². The summed E-state index contributed by atoms with van der Waals surface area (Å²) in [6.07, 6.45) is -0.476. The summed E-state index contributed by atoms with van der Waals surface area (Å²) in [7, 11) is 0. The molecule has 39 heavy (non-hydrogen) atoms. The van der Waals surface area contributed by atoms with Gasteiger partial charge in [0.2, 0.25) is 11.5 Å². The van der Waals surface area contributed by atoms with E-state index in [1.54, 1.807) is 29.0 Å². The van der Waals surface area contributed by atoms with Gasteiger partial charge in [-0.05, 0) is 80.9 Å². The number of hydrogen-bond acceptors (Lipinski definition) is 7. The molecular formula is C29H27ClN3O6+. The highest BCUT2D eigenvalue weighted by atomic mass is 35.5. The summed E-state index contributed by atoms with van der Waals surface area (Å²) in [6, 6.07) is 20.2. The SMILES string of the molecule is Cc1cc(OCC2=NC(c3cc4cc(Cl)ccc4o3)[N+](c3ccc(OC(C)C)cc3)=N2)ccc1OCC(=O)O. The zero-order chi connectivity index (χ0) is 27.5. The van der Waals surface area contributed by atoms with Crippen LogP contribution in [0.5, 0.6) is 17.2 Å². The Hall–Kier alpha value is -4.37. The average molecular weight is 549 g/mol. The van der Waals surface area contributed by atoms with Crippen molar-refractivity contribution in [2.75, 3.05) is 13.2 Å². The Labute approximate surface area is 229 Å². The Morgan fingerprint density at radius 3 is 2.54 bits per heavy atom. The molecule has 0 amide bonds. The lowest BCUT2D eigenvalue weighted by Gasteiger charge is -2.09. The molecule has 1 aliphatic rings. The fourth-order valence-corrected chi connectivity index (χ4v) is 4.30. The minimum atomic E-state index is -1.04. The van der Waals surface area contributed by atoms with Crippen LogP contribution >= 0.6 is 11.6 Å². The number of rotatable bonds is 10. The van der Waals surface area contributed by atoms with E-state index in [0.717, 1.165) is 22.4 Å². The minimum Gasteiger partial charge on any atom is -0.491 e. The maximum Gasteiger partial charge on any atom is 0.341 e. The first-order chi connectivity index (χ1) is 18.7. The molecule has 1 unspecified atom stereocenters. The van der Waals surface area contributed by atoms with Gasteiger partial charge in [-0.1, -0.05) is 16.3 Å². The smallest absolute Gasteiger partial charge is 0.341 e. The molecule has 2 heterocycles. The van der Waals surface area contributed by atoms with Crippen LogP contribution in [0, 0.1) is 6.92 Å². The zero-order valence-electron chi connectivity index (χ0n) is 21.6. The van der Waals surface area contributed by atoms with Crippen LogP contribution in [0.2, 0.25) is 5.02 Å². The maximum absolute atomic E-state index is 10.8. The van der Waals surface area contributed by atoms with Gasteiger partial charge in [-0.15, -0.1) is 0 Å². The second kappa shape index (κ2) is 11.2. The molecule has 1 N–H and O–H groups in total. The van der Waals surface area contributed by atoms with Gasteiger partial charge in [0, 0.05) is 27.7 Å². The molecular weight excluding hydrogens is 522 g/mol. The van der Waals surface area contributed by atoms with E-state index >= 15 is 0 Å². The molecule has 200 valence electrons. The van der Waals surface area contributed by atoms with Crippen molar-refractivity contribution < 1.29 is 33.2 Å². The van der Waals surface area contributed by atoms with Gasteiger partial charge in [-0.3, -0.25) is 0 Å². The van der Waals surface area contributed by atoms with Crippen molar-refractivity contribution in [2.24, 2.45) is 10.1 Å². The van der Waals surface area contributed by atoms with E-state index in [4.69, 9.17) is 45.4 Å². The van der Waals surface area contributed by atoms with Crippen LogP contribution < -0.4 is 14.2 Å². The van der Waals surface area contributed by atoms with Gasteiger partial charge >= 0.3 is 12.1 Å². The second-order valence-corrected chi connectivity index (χ2v) is 9.69. The summed E-state index contributed by atoms with van der Waals surface area (Å²) in [5.41, 5.74) is 2.27. The average Bonchev–Trinajstić information content (AvgIpc) is 3.51. The van der Waals surface area contributed by atoms with Gasteiger partial charge in [-0.25, -0.2) is 4.79 Å². The fraction of sp³-hybridized carbons (Fsp3) is 0.241. The van der Waals surface area contributed by atoms with Crippen molar-refractivity contribution in [1.29, 1.82) is 0 Å². The van der Waals surface area contributed by atoms with E-state index in [0.29, 0.717) is 33.7 Å². The van der Waals surface area contributed by atoms with Gasteiger partial charge in [0.15, 0.2) is 19.0 Å². The summed E-state index contributed by atoms with van der Waals surface area (Å²) < 4.78 is 24.9. The number of nitrogens with zero attached hydrogens (tertiary/aromatic N) is 3. The van der Waals surface area contributed by atoms with Crippen LogP contribution in [-0.4, -0.2) is 40.9 Å². The molecule has 4 aromatic rings. The minimum absolute atomic E-state index is 0.0657. The Kier molecular flexibility index (Phi) is 7.51. The molecule has 1 aromatic heterocycles. The highest BCUT2D eigenvalue weighted by molar-refractivity contribution is 6.31. The Bertz CT molecular complexity index is 1580. The van der Waals surface area contributed by atoms with Crippen molar-refractivity contribution in [2.45, 2.75) is 33.0 Å². The third-order valence-electron chi connectivity index (χ3n) is 5.82. The largest absolute Gasteiger partial charge is 0.491 e. The number of carboxylic acids is 1. The first-order valence-corrected chi connectivity index (χ1v) is 12.7. The predicted molar refractivity (Wildman–Crippen MR) is 146 cm³/mol. The van der Waals surface area contributed by atoms with E-state index in [1.165, 1.54) is 0 Å². The zero-order valence-corrected chi connectivity index (χ0v) is 22.4. The van der Waals surface area contributed by atoms with E-state index < -0.39 is 18.7 Å². The number of hydrogen-bond donors (Lipinski definition) is 1. The van der Waals surface area contributed by atoms with Crippen molar-refractivity contribution in [3.63, 3.8) is 0 Å². The summed E-state index contributed by atoms with van der Waals surface area (Å²) in [6.45, 7) is 5.48. The molecule has 0 spiro atoms. The molecule has 5 rings (SSSR count). The van der Waals surface area contributed by atoms with Crippen LogP contribution in [0.1, 0.15) is 31.3 Å². The molecule has 0 radical (unpaired) electrons. The van der Waals surface area contributed by atoms with E-state index in [9.17, 15) is 4.79 Å². The highest BCUT2D eigenvalue weighted by Crippen LogP contribution is 2.35. The normalized spacial score (nSPS) is 14.8. The standard InChI is InChI=1S/C29H26ClN3O6/c1-17(2)38-22-7-5-21(6-8-22)33-29(26-14-19-13-20(30)4-10-25(19)39-26)31-27(32-33)15-36-23-9-11-24(18(3)12-23)37-16-28(34)35/h4-14,17,29H,15-16H2,1-3H3/p+1.